The zero-order valence-corrected chi connectivity index (χ0v) is 13.9. The van der Waals surface area contributed by atoms with E-state index in [0.717, 1.165) is 31.9 Å². The van der Waals surface area contributed by atoms with Crippen LogP contribution in [-0.4, -0.2) is 13.2 Å². The van der Waals surface area contributed by atoms with Crippen LogP contribution in [0.4, 0.5) is 0 Å². The van der Waals surface area contributed by atoms with Gasteiger partial charge in [0.2, 0.25) is 0 Å². The summed E-state index contributed by atoms with van der Waals surface area (Å²) < 4.78 is 0. The fourth-order valence-electron chi connectivity index (χ4n) is 2.33. The highest BCUT2D eigenvalue weighted by Crippen LogP contribution is 2.12. The minimum absolute atomic E-state index is 0.455. The summed E-state index contributed by atoms with van der Waals surface area (Å²) in [6, 6.07) is 0. The molecule has 7 nitrogen and oxygen atoms in total. The van der Waals surface area contributed by atoms with Crippen LogP contribution in [-0.2, 0) is 34.7 Å². The molecule has 136 valence electrons. The molecule has 23 heavy (non-hydrogen) atoms. The highest BCUT2D eigenvalue weighted by Gasteiger charge is 1.96. The van der Waals surface area contributed by atoms with Gasteiger partial charge >= 0.3 is 0 Å². The van der Waals surface area contributed by atoms with E-state index in [0.29, 0.717) is 13.2 Å². The van der Waals surface area contributed by atoms with Crippen LogP contribution in [0.25, 0.3) is 0 Å². The Morgan fingerprint density at radius 1 is 0.391 bits per heavy atom. The second-order valence-electron chi connectivity index (χ2n) is 5.56. The van der Waals surface area contributed by atoms with Gasteiger partial charge in [-0.2, -0.15) is 4.89 Å². The zero-order chi connectivity index (χ0) is 16.3. The summed E-state index contributed by atoms with van der Waals surface area (Å²) in [5.74, 6) is 0. The average molecular weight is 334 g/mol. The monoisotopic (exact) mass is 334 g/mol. The molecule has 0 unspecified atom stereocenters. The molecule has 7 heteroatoms. The van der Waals surface area contributed by atoms with Crippen molar-refractivity contribution < 1.29 is 34.7 Å². The SMILES string of the molecule is C1=COOOOOCCCCCCCCCCCCCCOO1. The molecule has 1 aliphatic heterocycles. The molecule has 0 aromatic heterocycles. The van der Waals surface area contributed by atoms with Gasteiger partial charge in [0.15, 0.2) is 12.5 Å². The fourth-order valence-corrected chi connectivity index (χ4v) is 2.33. The summed E-state index contributed by atoms with van der Waals surface area (Å²) in [6.07, 6.45) is 16.9. The van der Waals surface area contributed by atoms with Crippen molar-refractivity contribution in [3.63, 3.8) is 0 Å². The first-order valence-electron chi connectivity index (χ1n) is 8.72. The maximum absolute atomic E-state index is 4.94. The predicted molar refractivity (Wildman–Crippen MR) is 81.9 cm³/mol. The maximum Gasteiger partial charge on any atom is 0.171 e. The Hall–Kier alpha value is -0.860. The van der Waals surface area contributed by atoms with Crippen LogP contribution in [0.3, 0.4) is 0 Å². The Bertz CT molecular complexity index is 237. The third-order valence-corrected chi connectivity index (χ3v) is 3.58. The maximum atomic E-state index is 4.94. The predicted octanol–water partition coefficient (Wildman–Crippen LogP) is 4.84. The molecule has 1 rings (SSSR count). The first-order valence-corrected chi connectivity index (χ1v) is 8.72. The molecule has 0 aliphatic carbocycles. The normalized spacial score (nSPS) is 22.6. The second kappa shape index (κ2) is 17.5. The first kappa shape index (κ1) is 20.2. The standard InChI is InChI=1S/C16H30O7/c1-2-4-6-8-10-12-14-19-21-23-22-20-16-15-18-17-13-11-9-7-5-3-1/h15-16H,1-14H2. The molecule has 0 saturated carbocycles. The van der Waals surface area contributed by atoms with Gasteiger partial charge in [0.05, 0.1) is 13.2 Å². The molecule has 0 saturated heterocycles. The minimum Gasteiger partial charge on any atom is -0.342 e. The van der Waals surface area contributed by atoms with Crippen LogP contribution in [0.5, 0.6) is 0 Å². The highest BCUT2D eigenvalue weighted by molar-refractivity contribution is 4.55. The van der Waals surface area contributed by atoms with E-state index >= 15 is 0 Å². The van der Waals surface area contributed by atoms with Gasteiger partial charge in [-0.25, -0.2) is 4.89 Å². The van der Waals surface area contributed by atoms with Gasteiger partial charge in [-0.1, -0.05) is 64.2 Å². The average Bonchev–Trinajstić information content (AvgIpc) is 2.56. The lowest BCUT2D eigenvalue weighted by molar-refractivity contribution is -0.700. The molecule has 0 radical (unpaired) electrons. The molecule has 0 aromatic carbocycles. The van der Waals surface area contributed by atoms with E-state index < -0.39 is 0 Å². The molecule has 0 atom stereocenters. The first-order chi connectivity index (χ1) is 11.5. The van der Waals surface area contributed by atoms with Crippen molar-refractivity contribution in [3.8, 4) is 0 Å². The second-order valence-corrected chi connectivity index (χ2v) is 5.56. The molecule has 1 heterocycles. The van der Waals surface area contributed by atoms with Crippen LogP contribution in [0.1, 0.15) is 77.0 Å². The molecule has 0 N–H and O–H groups in total. The molecular weight excluding hydrogens is 304 g/mol. The van der Waals surface area contributed by atoms with E-state index in [-0.39, 0.29) is 0 Å². The Kier molecular flexibility index (Phi) is 15.4. The quantitative estimate of drug-likeness (QED) is 0.587. The Labute approximate surface area is 138 Å². The molecule has 0 bridgehead atoms. The van der Waals surface area contributed by atoms with Crippen LogP contribution < -0.4 is 0 Å². The lowest BCUT2D eigenvalue weighted by Crippen LogP contribution is -1.99. The fraction of sp³-hybridized carbons (Fsp3) is 0.875. The van der Waals surface area contributed by atoms with E-state index in [9.17, 15) is 0 Å². The molecule has 0 fully saturated rings. The van der Waals surface area contributed by atoms with Crippen molar-refractivity contribution >= 4 is 0 Å². The van der Waals surface area contributed by atoms with Crippen LogP contribution in [0.2, 0.25) is 0 Å². The van der Waals surface area contributed by atoms with E-state index in [1.807, 2.05) is 0 Å². The third kappa shape index (κ3) is 15.8. The minimum atomic E-state index is 0.455. The lowest BCUT2D eigenvalue weighted by atomic mass is 10.1. The van der Waals surface area contributed by atoms with Crippen LogP contribution in [0, 0.1) is 0 Å². The van der Waals surface area contributed by atoms with Gasteiger partial charge in [0.25, 0.3) is 0 Å². The van der Waals surface area contributed by atoms with Gasteiger partial charge < -0.3 is 9.78 Å². The van der Waals surface area contributed by atoms with Gasteiger partial charge in [-0.15, -0.1) is 0 Å². The largest absolute Gasteiger partial charge is 0.342 e. The van der Waals surface area contributed by atoms with Gasteiger partial charge in [0, 0.05) is 10.1 Å². The summed E-state index contributed by atoms with van der Waals surface area (Å²) in [7, 11) is 0. The molecule has 0 spiro atoms. The molecule has 0 amide bonds. The van der Waals surface area contributed by atoms with Gasteiger partial charge in [-0.3, -0.25) is 0 Å². The van der Waals surface area contributed by atoms with Gasteiger partial charge in [0.1, 0.15) is 0 Å². The third-order valence-electron chi connectivity index (χ3n) is 3.58. The number of hydrogen-bond acceptors (Lipinski definition) is 7. The smallest absolute Gasteiger partial charge is 0.171 e. The van der Waals surface area contributed by atoms with Crippen LogP contribution >= 0.6 is 0 Å². The molecule has 0 aromatic rings. The Balaban J connectivity index is 2.05. The van der Waals surface area contributed by atoms with Gasteiger partial charge in [-0.05, 0) is 17.9 Å². The van der Waals surface area contributed by atoms with Crippen LogP contribution in [0.15, 0.2) is 12.5 Å². The Morgan fingerprint density at radius 3 is 1.48 bits per heavy atom. The Morgan fingerprint density at radius 2 is 0.870 bits per heavy atom. The van der Waals surface area contributed by atoms with E-state index in [2.05, 4.69) is 20.0 Å². The lowest BCUT2D eigenvalue weighted by Gasteiger charge is -2.03. The van der Waals surface area contributed by atoms with Crippen molar-refractivity contribution in [2.24, 2.45) is 0 Å². The van der Waals surface area contributed by atoms with Crippen molar-refractivity contribution in [1.29, 1.82) is 0 Å². The van der Waals surface area contributed by atoms with Crippen molar-refractivity contribution in [2.75, 3.05) is 13.2 Å². The van der Waals surface area contributed by atoms with E-state index in [4.69, 9.17) is 14.7 Å². The summed E-state index contributed by atoms with van der Waals surface area (Å²) in [6.45, 7) is 1.01. The van der Waals surface area contributed by atoms with E-state index in [1.54, 1.807) is 0 Å². The molecular formula is C16H30O7. The summed E-state index contributed by atoms with van der Waals surface area (Å²) in [5.41, 5.74) is 0. The summed E-state index contributed by atoms with van der Waals surface area (Å²) in [5, 5.41) is 12.7. The number of rotatable bonds is 0. The topological polar surface area (TPSA) is 64.6 Å². The zero-order valence-electron chi connectivity index (χ0n) is 13.9. The molecule has 1 aliphatic rings. The summed E-state index contributed by atoms with van der Waals surface area (Å²) in [4.78, 5) is 18.9. The van der Waals surface area contributed by atoms with Crippen molar-refractivity contribution in [3.05, 3.63) is 12.5 Å². The summed E-state index contributed by atoms with van der Waals surface area (Å²) >= 11 is 0. The van der Waals surface area contributed by atoms with Crippen molar-refractivity contribution in [1.82, 2.24) is 0 Å². The number of hydrogen-bond donors (Lipinski definition) is 0. The highest BCUT2D eigenvalue weighted by atomic mass is 17.8. The van der Waals surface area contributed by atoms with E-state index in [1.165, 1.54) is 57.6 Å². The van der Waals surface area contributed by atoms with Crippen molar-refractivity contribution in [2.45, 2.75) is 77.0 Å².